The van der Waals surface area contributed by atoms with Crippen LogP contribution in [0.15, 0.2) is 0 Å². The van der Waals surface area contributed by atoms with Gasteiger partial charge in [-0.15, -0.1) is 0 Å². The summed E-state index contributed by atoms with van der Waals surface area (Å²) >= 11 is 0. The van der Waals surface area contributed by atoms with E-state index in [-0.39, 0.29) is 0 Å². The fourth-order valence-corrected chi connectivity index (χ4v) is 1.77. The van der Waals surface area contributed by atoms with Crippen molar-refractivity contribution in [3.05, 3.63) is 0 Å². The lowest BCUT2D eigenvalue weighted by atomic mass is 9.89. The predicted molar refractivity (Wildman–Crippen MR) is 46.8 cm³/mol. The van der Waals surface area contributed by atoms with E-state index in [1.807, 2.05) is 6.92 Å². The number of hydrogen-bond acceptors (Lipinski definition) is 1. The smallest absolute Gasteiger partial charge is 0.188 e. The Morgan fingerprint density at radius 1 is 1.36 bits per heavy atom. The van der Waals surface area contributed by atoms with Crippen molar-refractivity contribution in [3.8, 4) is 0 Å². The van der Waals surface area contributed by atoms with Crippen LogP contribution < -0.4 is 5.32 Å². The van der Waals surface area contributed by atoms with Crippen molar-refractivity contribution in [1.29, 1.82) is 5.41 Å². The van der Waals surface area contributed by atoms with Gasteiger partial charge in [0.25, 0.3) is 0 Å². The van der Waals surface area contributed by atoms with E-state index in [1.165, 1.54) is 32.1 Å². The van der Waals surface area contributed by atoms with Crippen LogP contribution in [-0.4, -0.2) is 12.4 Å². The summed E-state index contributed by atoms with van der Waals surface area (Å²) in [6, 6.07) is 0. The number of amidine groups is 1. The summed E-state index contributed by atoms with van der Waals surface area (Å²) in [4.78, 5) is 0. The fraction of sp³-hybridized carbons (Fsp3) is 0.889. The van der Waals surface area contributed by atoms with Crippen LogP contribution in [0, 0.1) is 11.3 Å². The molecule has 1 aliphatic carbocycles. The first kappa shape index (κ1) is 8.72. The van der Waals surface area contributed by atoms with Gasteiger partial charge in [-0.05, 0) is 12.8 Å². The van der Waals surface area contributed by atoms with Crippen molar-refractivity contribution in [2.45, 2.75) is 39.0 Å². The zero-order valence-corrected chi connectivity index (χ0v) is 7.40. The summed E-state index contributed by atoms with van der Waals surface area (Å²) in [5, 5.41) is 9.32. The van der Waals surface area contributed by atoms with E-state index in [1.54, 1.807) is 0 Å². The molecule has 2 nitrogen and oxygen atoms in total. The van der Waals surface area contributed by atoms with Crippen LogP contribution in [-0.2, 0) is 0 Å². The van der Waals surface area contributed by atoms with Gasteiger partial charge in [-0.25, -0.2) is 0 Å². The number of nitrogens with one attached hydrogen (secondary N) is 1. The van der Waals surface area contributed by atoms with Crippen LogP contribution in [0.25, 0.3) is 0 Å². The maximum Gasteiger partial charge on any atom is 0.188 e. The van der Waals surface area contributed by atoms with Crippen LogP contribution in [0.4, 0.5) is 0 Å². The molecule has 0 spiro atoms. The second-order valence-corrected chi connectivity index (χ2v) is 3.63. The molecule has 1 aliphatic rings. The summed E-state index contributed by atoms with van der Waals surface area (Å²) in [5.41, 5.74) is 0. The van der Waals surface area contributed by atoms with Crippen LogP contribution in [0.5, 0.6) is 0 Å². The SMILES string of the molecule is CC(=N)[NH2+]CC1CCCCC1. The fourth-order valence-electron chi connectivity index (χ4n) is 1.77. The summed E-state index contributed by atoms with van der Waals surface area (Å²) in [6.45, 7) is 3.01. The summed E-state index contributed by atoms with van der Waals surface area (Å²) in [6.07, 6.45) is 7.04. The molecule has 0 heterocycles. The van der Waals surface area contributed by atoms with Gasteiger partial charge < -0.3 is 5.32 Å². The van der Waals surface area contributed by atoms with Gasteiger partial charge in [0.1, 0.15) is 0 Å². The molecule has 1 rings (SSSR count). The van der Waals surface area contributed by atoms with E-state index in [0.29, 0.717) is 0 Å². The Hall–Kier alpha value is -0.370. The molecule has 0 aromatic heterocycles. The molecule has 0 unspecified atom stereocenters. The molecule has 0 aliphatic heterocycles. The van der Waals surface area contributed by atoms with Crippen molar-refractivity contribution < 1.29 is 5.32 Å². The van der Waals surface area contributed by atoms with Crippen LogP contribution in [0.2, 0.25) is 0 Å². The van der Waals surface area contributed by atoms with Gasteiger partial charge in [0, 0.05) is 12.8 Å². The second-order valence-electron chi connectivity index (χ2n) is 3.63. The highest BCUT2D eigenvalue weighted by atomic mass is 14.9. The minimum atomic E-state index is 0.732. The van der Waals surface area contributed by atoms with Gasteiger partial charge in [0.05, 0.1) is 6.54 Å². The summed E-state index contributed by atoms with van der Waals surface area (Å²) in [5.74, 6) is 1.62. The highest BCUT2D eigenvalue weighted by Crippen LogP contribution is 2.21. The van der Waals surface area contributed by atoms with E-state index in [4.69, 9.17) is 5.41 Å². The van der Waals surface area contributed by atoms with Gasteiger partial charge >= 0.3 is 0 Å². The van der Waals surface area contributed by atoms with Crippen molar-refractivity contribution >= 4 is 5.84 Å². The molecule has 0 amide bonds. The van der Waals surface area contributed by atoms with Crippen LogP contribution in [0.3, 0.4) is 0 Å². The largest absolute Gasteiger partial charge is 0.302 e. The Morgan fingerprint density at radius 2 is 2.00 bits per heavy atom. The van der Waals surface area contributed by atoms with Crippen molar-refractivity contribution in [2.75, 3.05) is 6.54 Å². The maximum atomic E-state index is 7.26. The first-order valence-electron chi connectivity index (χ1n) is 4.67. The Bertz CT molecular complexity index is 126. The van der Waals surface area contributed by atoms with Crippen molar-refractivity contribution in [1.82, 2.24) is 0 Å². The van der Waals surface area contributed by atoms with E-state index >= 15 is 0 Å². The molecular formula is C9H19N2+. The molecule has 3 N–H and O–H groups in total. The number of nitrogens with two attached hydrogens (primary N) is 1. The minimum Gasteiger partial charge on any atom is -0.302 e. The third kappa shape index (κ3) is 3.51. The molecule has 11 heavy (non-hydrogen) atoms. The van der Waals surface area contributed by atoms with Crippen LogP contribution >= 0.6 is 0 Å². The summed E-state index contributed by atoms with van der Waals surface area (Å²) in [7, 11) is 0. The van der Waals surface area contributed by atoms with Crippen molar-refractivity contribution in [2.24, 2.45) is 5.92 Å². The maximum absolute atomic E-state index is 7.26. The molecule has 1 fully saturated rings. The van der Waals surface area contributed by atoms with E-state index in [9.17, 15) is 0 Å². The third-order valence-electron chi connectivity index (χ3n) is 2.48. The molecule has 0 radical (unpaired) electrons. The average molecular weight is 155 g/mol. The quantitative estimate of drug-likeness (QED) is 0.443. The molecule has 0 atom stereocenters. The molecule has 64 valence electrons. The lowest BCUT2D eigenvalue weighted by Gasteiger charge is -2.19. The molecule has 2 heteroatoms. The predicted octanol–water partition coefficient (Wildman–Crippen LogP) is 1.13. The Kier molecular flexibility index (Phi) is 3.57. The Morgan fingerprint density at radius 3 is 2.55 bits per heavy atom. The van der Waals surface area contributed by atoms with E-state index in [2.05, 4.69) is 5.32 Å². The topological polar surface area (TPSA) is 40.5 Å². The molecule has 1 saturated carbocycles. The Labute approximate surface area is 68.9 Å². The van der Waals surface area contributed by atoms with Gasteiger partial charge in [-0.1, -0.05) is 19.3 Å². The standard InChI is InChI=1S/C9H18N2/c1-8(10)11-7-9-5-3-2-4-6-9/h9H,2-7H2,1H3,(H2,10,11)/p+1. The number of rotatable bonds is 2. The zero-order chi connectivity index (χ0) is 8.10. The van der Waals surface area contributed by atoms with Crippen molar-refractivity contribution in [3.63, 3.8) is 0 Å². The zero-order valence-electron chi connectivity index (χ0n) is 7.40. The first-order chi connectivity index (χ1) is 5.29. The number of hydrogen-bond donors (Lipinski definition) is 2. The lowest BCUT2D eigenvalue weighted by molar-refractivity contribution is -0.550. The first-order valence-corrected chi connectivity index (χ1v) is 4.67. The third-order valence-corrected chi connectivity index (χ3v) is 2.48. The molecule has 0 aromatic carbocycles. The second kappa shape index (κ2) is 4.50. The summed E-state index contributed by atoms with van der Waals surface area (Å²) < 4.78 is 0. The minimum absolute atomic E-state index is 0.732. The van der Waals surface area contributed by atoms with E-state index < -0.39 is 0 Å². The average Bonchev–Trinajstić information content (AvgIpc) is 2.03. The van der Waals surface area contributed by atoms with Gasteiger partial charge in [0.2, 0.25) is 0 Å². The highest BCUT2D eigenvalue weighted by molar-refractivity contribution is 5.65. The van der Waals surface area contributed by atoms with Gasteiger partial charge in [0.15, 0.2) is 5.84 Å². The molecule has 0 aromatic rings. The normalized spacial score (nSPS) is 20.1. The Balaban J connectivity index is 2.09. The van der Waals surface area contributed by atoms with E-state index in [0.717, 1.165) is 18.3 Å². The monoisotopic (exact) mass is 155 g/mol. The highest BCUT2D eigenvalue weighted by Gasteiger charge is 2.14. The molecule has 0 saturated heterocycles. The van der Waals surface area contributed by atoms with Gasteiger partial charge in [-0.2, -0.15) is 0 Å². The van der Waals surface area contributed by atoms with Crippen LogP contribution in [0.1, 0.15) is 39.0 Å². The van der Waals surface area contributed by atoms with Gasteiger partial charge in [-0.3, -0.25) is 5.41 Å². The molecular weight excluding hydrogens is 136 g/mol. The number of quaternary nitrogens is 1. The lowest BCUT2D eigenvalue weighted by Crippen LogP contribution is -2.88. The molecule has 0 bridgehead atoms.